The quantitative estimate of drug-likeness (QED) is 0.920. The molecule has 0 bridgehead atoms. The minimum absolute atomic E-state index is 0.0665. The highest BCUT2D eigenvalue weighted by Crippen LogP contribution is 2.29. The number of hydrogen-bond donors (Lipinski definition) is 1. The molecule has 0 aliphatic heterocycles. The van der Waals surface area contributed by atoms with Crippen molar-refractivity contribution >= 4 is 15.9 Å². The van der Waals surface area contributed by atoms with E-state index in [9.17, 15) is 4.39 Å². The maximum absolute atomic E-state index is 13.3. The first-order chi connectivity index (χ1) is 9.11. The Morgan fingerprint density at radius 1 is 1.32 bits per heavy atom. The molecular formula is C15H16BrFN2. The first-order valence-electron chi connectivity index (χ1n) is 6.21. The molecule has 1 unspecified atom stereocenters. The minimum atomic E-state index is -0.316. The van der Waals surface area contributed by atoms with Crippen LogP contribution in [0, 0.1) is 12.7 Å². The fourth-order valence-corrected chi connectivity index (χ4v) is 2.79. The Labute approximate surface area is 121 Å². The summed E-state index contributed by atoms with van der Waals surface area (Å²) in [5.74, 6) is -0.316. The van der Waals surface area contributed by atoms with Crippen LogP contribution in [0.2, 0.25) is 0 Å². The molecule has 2 nitrogen and oxygen atoms in total. The lowest BCUT2D eigenvalue weighted by Gasteiger charge is -2.20. The van der Waals surface area contributed by atoms with E-state index in [0.717, 1.165) is 22.1 Å². The van der Waals surface area contributed by atoms with Crippen LogP contribution in [0.25, 0.3) is 0 Å². The van der Waals surface area contributed by atoms with Crippen LogP contribution in [0.5, 0.6) is 0 Å². The molecule has 1 aromatic heterocycles. The lowest BCUT2D eigenvalue weighted by molar-refractivity contribution is 0.595. The summed E-state index contributed by atoms with van der Waals surface area (Å²) < 4.78 is 14.4. The van der Waals surface area contributed by atoms with E-state index in [0.29, 0.717) is 0 Å². The predicted molar refractivity (Wildman–Crippen MR) is 78.6 cm³/mol. The van der Waals surface area contributed by atoms with Crippen LogP contribution in [0.15, 0.2) is 41.1 Å². The average molecular weight is 323 g/mol. The Morgan fingerprint density at radius 2 is 2.11 bits per heavy atom. The number of halogens is 2. The molecule has 0 saturated heterocycles. The van der Waals surface area contributed by atoms with Gasteiger partial charge in [0.15, 0.2) is 0 Å². The van der Waals surface area contributed by atoms with Crippen LogP contribution < -0.4 is 5.32 Å². The molecule has 4 heteroatoms. The summed E-state index contributed by atoms with van der Waals surface area (Å²) in [7, 11) is 0. The number of hydrogen-bond acceptors (Lipinski definition) is 2. The number of aryl methyl sites for hydroxylation is 1. The third-order valence-corrected chi connectivity index (χ3v) is 3.62. The molecule has 1 heterocycles. The SMILES string of the molecule is CCNC(c1cncc(F)c1)c1ccc(C)cc1Br. The summed E-state index contributed by atoms with van der Waals surface area (Å²) in [6.07, 6.45) is 2.92. The Bertz CT molecular complexity index is 572. The molecule has 100 valence electrons. The highest BCUT2D eigenvalue weighted by molar-refractivity contribution is 9.10. The van der Waals surface area contributed by atoms with E-state index >= 15 is 0 Å². The lowest BCUT2D eigenvalue weighted by Crippen LogP contribution is -2.22. The monoisotopic (exact) mass is 322 g/mol. The van der Waals surface area contributed by atoms with E-state index in [1.807, 2.05) is 13.8 Å². The van der Waals surface area contributed by atoms with Crippen molar-refractivity contribution in [3.05, 3.63) is 63.6 Å². The molecule has 1 aromatic carbocycles. The van der Waals surface area contributed by atoms with Gasteiger partial charge in [-0.15, -0.1) is 0 Å². The average Bonchev–Trinajstić information content (AvgIpc) is 2.37. The highest BCUT2D eigenvalue weighted by Gasteiger charge is 2.16. The van der Waals surface area contributed by atoms with Gasteiger partial charge in [0.25, 0.3) is 0 Å². The van der Waals surface area contributed by atoms with E-state index in [1.54, 1.807) is 6.20 Å². The molecule has 0 aliphatic carbocycles. The summed E-state index contributed by atoms with van der Waals surface area (Å²) in [4.78, 5) is 3.93. The number of rotatable bonds is 4. The molecule has 0 saturated carbocycles. The Kier molecular flexibility index (Phi) is 4.66. The zero-order chi connectivity index (χ0) is 13.8. The van der Waals surface area contributed by atoms with Crippen LogP contribution in [-0.2, 0) is 0 Å². The van der Waals surface area contributed by atoms with E-state index in [1.165, 1.54) is 17.8 Å². The summed E-state index contributed by atoms with van der Waals surface area (Å²) in [5, 5.41) is 3.37. The van der Waals surface area contributed by atoms with E-state index in [2.05, 4.69) is 44.4 Å². The van der Waals surface area contributed by atoms with E-state index in [-0.39, 0.29) is 11.9 Å². The van der Waals surface area contributed by atoms with Crippen molar-refractivity contribution in [2.24, 2.45) is 0 Å². The van der Waals surface area contributed by atoms with Crippen molar-refractivity contribution in [3.8, 4) is 0 Å². The Hall–Kier alpha value is -1.26. The normalized spacial score (nSPS) is 12.4. The second kappa shape index (κ2) is 6.26. The fourth-order valence-electron chi connectivity index (χ4n) is 2.06. The van der Waals surface area contributed by atoms with Gasteiger partial charge in [-0.25, -0.2) is 4.39 Å². The van der Waals surface area contributed by atoms with E-state index in [4.69, 9.17) is 0 Å². The van der Waals surface area contributed by atoms with Crippen LogP contribution in [0.4, 0.5) is 4.39 Å². The molecule has 1 N–H and O–H groups in total. The van der Waals surface area contributed by atoms with Gasteiger partial charge >= 0.3 is 0 Å². The first-order valence-corrected chi connectivity index (χ1v) is 7.01. The summed E-state index contributed by atoms with van der Waals surface area (Å²) in [6.45, 7) is 4.86. The van der Waals surface area contributed by atoms with Crippen molar-refractivity contribution in [1.82, 2.24) is 10.3 Å². The molecule has 0 amide bonds. The number of aromatic nitrogens is 1. The lowest BCUT2D eigenvalue weighted by atomic mass is 9.99. The van der Waals surface area contributed by atoms with Crippen LogP contribution in [0.3, 0.4) is 0 Å². The zero-order valence-corrected chi connectivity index (χ0v) is 12.5. The van der Waals surface area contributed by atoms with Crippen molar-refractivity contribution in [2.45, 2.75) is 19.9 Å². The molecule has 0 aliphatic rings. The summed E-state index contributed by atoms with van der Waals surface area (Å²) in [6, 6.07) is 7.62. The third kappa shape index (κ3) is 3.39. The smallest absolute Gasteiger partial charge is 0.141 e. The summed E-state index contributed by atoms with van der Waals surface area (Å²) >= 11 is 3.58. The maximum atomic E-state index is 13.3. The zero-order valence-electron chi connectivity index (χ0n) is 11.0. The van der Waals surface area contributed by atoms with Crippen LogP contribution >= 0.6 is 15.9 Å². The van der Waals surface area contributed by atoms with E-state index < -0.39 is 0 Å². The molecule has 0 radical (unpaired) electrons. The van der Waals surface area contributed by atoms with Gasteiger partial charge in [-0.1, -0.05) is 35.0 Å². The number of nitrogens with one attached hydrogen (secondary N) is 1. The van der Waals surface area contributed by atoms with Gasteiger partial charge in [0.05, 0.1) is 12.2 Å². The van der Waals surface area contributed by atoms with Crippen molar-refractivity contribution in [1.29, 1.82) is 0 Å². The minimum Gasteiger partial charge on any atom is -0.306 e. The molecule has 0 spiro atoms. The molecule has 2 rings (SSSR count). The second-order valence-electron chi connectivity index (χ2n) is 4.45. The van der Waals surface area contributed by atoms with Crippen molar-refractivity contribution < 1.29 is 4.39 Å². The molecular weight excluding hydrogens is 307 g/mol. The predicted octanol–water partition coefficient (Wildman–Crippen LogP) is 3.99. The molecule has 19 heavy (non-hydrogen) atoms. The third-order valence-electron chi connectivity index (χ3n) is 2.93. The van der Waals surface area contributed by atoms with Gasteiger partial charge in [0.2, 0.25) is 0 Å². The maximum Gasteiger partial charge on any atom is 0.141 e. The van der Waals surface area contributed by atoms with Gasteiger partial charge in [0, 0.05) is 10.7 Å². The topological polar surface area (TPSA) is 24.9 Å². The molecule has 0 fully saturated rings. The van der Waals surface area contributed by atoms with Crippen LogP contribution in [0.1, 0.15) is 29.7 Å². The number of pyridine rings is 1. The van der Waals surface area contributed by atoms with Gasteiger partial charge in [-0.3, -0.25) is 4.98 Å². The number of benzene rings is 1. The van der Waals surface area contributed by atoms with Crippen molar-refractivity contribution in [2.75, 3.05) is 6.54 Å². The van der Waals surface area contributed by atoms with Gasteiger partial charge in [0.1, 0.15) is 5.82 Å². The second-order valence-corrected chi connectivity index (χ2v) is 5.31. The number of nitrogens with zero attached hydrogens (tertiary/aromatic N) is 1. The largest absolute Gasteiger partial charge is 0.306 e. The van der Waals surface area contributed by atoms with Gasteiger partial charge < -0.3 is 5.32 Å². The first kappa shape index (κ1) is 14.2. The highest BCUT2D eigenvalue weighted by atomic mass is 79.9. The molecule has 2 aromatic rings. The fraction of sp³-hybridized carbons (Fsp3) is 0.267. The van der Waals surface area contributed by atoms with Gasteiger partial charge in [-0.2, -0.15) is 0 Å². The summed E-state index contributed by atoms with van der Waals surface area (Å²) in [5.41, 5.74) is 3.09. The Morgan fingerprint density at radius 3 is 2.74 bits per heavy atom. The van der Waals surface area contributed by atoms with Crippen molar-refractivity contribution in [3.63, 3.8) is 0 Å². The standard InChI is InChI=1S/C15H16BrFN2/c1-3-19-15(11-7-12(17)9-18-8-11)13-5-4-10(2)6-14(13)16/h4-9,15,19H,3H2,1-2H3. The van der Waals surface area contributed by atoms with Gasteiger partial charge in [-0.05, 0) is 42.3 Å². The molecule has 1 atom stereocenters. The van der Waals surface area contributed by atoms with Crippen LogP contribution in [-0.4, -0.2) is 11.5 Å². The Balaban J connectivity index is 2.45.